The molecule has 0 aliphatic heterocycles. The molecule has 3 nitrogen and oxygen atoms in total. The number of aryl methyl sites for hydroxylation is 2. The topological polar surface area (TPSA) is 37.8 Å². The lowest BCUT2D eigenvalue weighted by Crippen LogP contribution is -2.08. The van der Waals surface area contributed by atoms with Gasteiger partial charge in [-0.2, -0.15) is 0 Å². The van der Waals surface area contributed by atoms with Crippen molar-refractivity contribution >= 4 is 44.3 Å². The summed E-state index contributed by atoms with van der Waals surface area (Å²) in [5.74, 6) is 1.74. The van der Waals surface area contributed by atoms with Gasteiger partial charge in [-0.05, 0) is 60.1 Å². The van der Waals surface area contributed by atoms with Crippen LogP contribution in [0.2, 0.25) is 0 Å². The molecule has 2 rings (SSSR count). The minimum atomic E-state index is 0.793. The van der Waals surface area contributed by atoms with Crippen LogP contribution in [0.3, 0.4) is 0 Å². The Morgan fingerprint density at radius 1 is 1.24 bits per heavy atom. The highest BCUT2D eigenvalue weighted by atomic mass is 127. The summed E-state index contributed by atoms with van der Waals surface area (Å²) < 4.78 is 2.23. The molecule has 0 fully saturated rings. The first kappa shape index (κ1) is 16.7. The zero-order valence-electron chi connectivity index (χ0n) is 12.5. The average molecular weight is 460 g/mol. The molecule has 1 aromatic carbocycles. The molecule has 112 valence electrons. The van der Waals surface area contributed by atoms with E-state index in [2.05, 4.69) is 82.8 Å². The van der Waals surface area contributed by atoms with Crippen LogP contribution in [-0.4, -0.2) is 16.5 Å². The molecule has 2 aromatic rings. The van der Waals surface area contributed by atoms with Gasteiger partial charge in [0, 0.05) is 16.6 Å². The first-order chi connectivity index (χ1) is 10.1. The monoisotopic (exact) mass is 459 g/mol. The van der Waals surface area contributed by atoms with Gasteiger partial charge in [0.2, 0.25) is 0 Å². The molecule has 0 bridgehead atoms. The van der Waals surface area contributed by atoms with Crippen molar-refractivity contribution in [1.29, 1.82) is 0 Å². The van der Waals surface area contributed by atoms with Crippen LogP contribution in [-0.2, 0) is 6.42 Å². The number of anilines is 1. The Labute approximate surface area is 148 Å². The zero-order chi connectivity index (χ0) is 15.4. The van der Waals surface area contributed by atoms with Gasteiger partial charge in [-0.1, -0.05) is 35.8 Å². The lowest BCUT2D eigenvalue weighted by molar-refractivity contribution is 0.943. The molecule has 0 amide bonds. The normalized spacial score (nSPS) is 10.7. The lowest BCUT2D eigenvalue weighted by atomic mass is 10.1. The average Bonchev–Trinajstić information content (AvgIpc) is 2.49. The second-order valence-electron chi connectivity index (χ2n) is 4.90. The van der Waals surface area contributed by atoms with Gasteiger partial charge in [-0.25, -0.2) is 9.97 Å². The lowest BCUT2D eigenvalue weighted by Gasteiger charge is -2.12. The number of nitrogens with zero attached hydrogens (tertiary/aromatic N) is 2. The second-order valence-corrected chi connectivity index (χ2v) is 6.83. The first-order valence-electron chi connectivity index (χ1n) is 7.13. The summed E-state index contributed by atoms with van der Waals surface area (Å²) in [6, 6.07) is 6.23. The molecule has 0 saturated heterocycles. The van der Waals surface area contributed by atoms with Crippen molar-refractivity contribution in [3.63, 3.8) is 0 Å². The number of aromatic nitrogens is 2. The largest absolute Gasteiger partial charge is 0.369 e. The van der Waals surface area contributed by atoms with Crippen LogP contribution in [0.5, 0.6) is 0 Å². The van der Waals surface area contributed by atoms with Gasteiger partial charge >= 0.3 is 0 Å². The van der Waals surface area contributed by atoms with E-state index in [1.165, 1.54) is 5.56 Å². The van der Waals surface area contributed by atoms with E-state index in [1.807, 2.05) is 0 Å². The van der Waals surface area contributed by atoms with Crippen LogP contribution in [0.1, 0.15) is 31.5 Å². The van der Waals surface area contributed by atoms with Crippen LogP contribution in [0, 0.1) is 10.5 Å². The zero-order valence-corrected chi connectivity index (χ0v) is 16.2. The summed E-state index contributed by atoms with van der Waals surface area (Å²) in [4.78, 5) is 9.44. The van der Waals surface area contributed by atoms with Crippen LogP contribution in [0.4, 0.5) is 5.82 Å². The Kier molecular flexibility index (Phi) is 5.98. The van der Waals surface area contributed by atoms with Crippen molar-refractivity contribution in [2.24, 2.45) is 0 Å². The number of hydrogen-bond acceptors (Lipinski definition) is 3. The fraction of sp³-hybridized carbons (Fsp3) is 0.375. The highest BCUT2D eigenvalue weighted by molar-refractivity contribution is 14.1. The molecular weight excluding hydrogens is 441 g/mol. The summed E-state index contributed by atoms with van der Waals surface area (Å²) in [6.07, 6.45) is 1.98. The van der Waals surface area contributed by atoms with Gasteiger partial charge in [-0.3, -0.25) is 0 Å². The van der Waals surface area contributed by atoms with Gasteiger partial charge in [0.05, 0.1) is 9.26 Å². The molecule has 1 aromatic heterocycles. The number of halogens is 2. The molecular formula is C16H19BrIN3. The molecule has 1 heterocycles. The third-order valence-electron chi connectivity index (χ3n) is 3.21. The Hall–Kier alpha value is -0.690. The Morgan fingerprint density at radius 3 is 2.62 bits per heavy atom. The predicted molar refractivity (Wildman–Crippen MR) is 101 cm³/mol. The molecule has 1 N–H and O–H groups in total. The fourth-order valence-corrected chi connectivity index (χ4v) is 3.06. The SMILES string of the molecule is CCCNc1nc(-c2ccc(Br)c(C)c2)nc(CC)c1I. The van der Waals surface area contributed by atoms with Crippen molar-refractivity contribution in [3.05, 3.63) is 37.5 Å². The van der Waals surface area contributed by atoms with Crippen molar-refractivity contribution in [2.45, 2.75) is 33.6 Å². The second kappa shape index (κ2) is 7.54. The summed E-state index contributed by atoms with van der Waals surface area (Å²) in [5, 5.41) is 3.41. The van der Waals surface area contributed by atoms with Gasteiger partial charge < -0.3 is 5.32 Å². The summed E-state index contributed by atoms with van der Waals surface area (Å²) >= 11 is 5.87. The molecule has 0 saturated carbocycles. The van der Waals surface area contributed by atoms with Crippen LogP contribution >= 0.6 is 38.5 Å². The molecule has 0 radical (unpaired) electrons. The van der Waals surface area contributed by atoms with Crippen molar-refractivity contribution in [3.8, 4) is 11.4 Å². The molecule has 0 aliphatic rings. The smallest absolute Gasteiger partial charge is 0.161 e. The maximum Gasteiger partial charge on any atom is 0.161 e. The highest BCUT2D eigenvalue weighted by Gasteiger charge is 2.12. The van der Waals surface area contributed by atoms with E-state index in [1.54, 1.807) is 0 Å². The Balaban J connectivity index is 2.49. The van der Waals surface area contributed by atoms with E-state index in [4.69, 9.17) is 9.97 Å². The van der Waals surface area contributed by atoms with Gasteiger partial charge in [-0.15, -0.1) is 0 Å². The maximum absolute atomic E-state index is 4.73. The standard InChI is InChI=1S/C16H19BrIN3/c1-4-8-19-16-14(18)13(5-2)20-15(21-16)11-6-7-12(17)10(3)9-11/h6-7,9H,4-5,8H2,1-3H3,(H,19,20,21). The van der Waals surface area contributed by atoms with Gasteiger partial charge in [0.15, 0.2) is 5.82 Å². The molecule has 0 spiro atoms. The summed E-state index contributed by atoms with van der Waals surface area (Å²) in [5.41, 5.74) is 3.34. The molecule has 0 aliphatic carbocycles. The van der Waals surface area contributed by atoms with Crippen molar-refractivity contribution in [1.82, 2.24) is 9.97 Å². The van der Waals surface area contributed by atoms with Gasteiger partial charge in [0.25, 0.3) is 0 Å². The van der Waals surface area contributed by atoms with Crippen LogP contribution < -0.4 is 5.32 Å². The van der Waals surface area contributed by atoms with Crippen LogP contribution in [0.25, 0.3) is 11.4 Å². The van der Waals surface area contributed by atoms with E-state index < -0.39 is 0 Å². The minimum absolute atomic E-state index is 0.793. The molecule has 21 heavy (non-hydrogen) atoms. The molecule has 0 atom stereocenters. The first-order valence-corrected chi connectivity index (χ1v) is 9.00. The van der Waals surface area contributed by atoms with E-state index in [-0.39, 0.29) is 0 Å². The van der Waals surface area contributed by atoms with Crippen molar-refractivity contribution < 1.29 is 0 Å². The number of nitrogens with one attached hydrogen (secondary N) is 1. The van der Waals surface area contributed by atoms with Gasteiger partial charge in [0.1, 0.15) is 5.82 Å². The fourth-order valence-electron chi connectivity index (χ4n) is 2.00. The Bertz CT molecular complexity index is 644. The summed E-state index contributed by atoms with van der Waals surface area (Å²) in [6.45, 7) is 7.29. The highest BCUT2D eigenvalue weighted by Crippen LogP contribution is 2.27. The number of hydrogen-bond donors (Lipinski definition) is 1. The van der Waals surface area contributed by atoms with E-state index in [9.17, 15) is 0 Å². The number of benzene rings is 1. The van der Waals surface area contributed by atoms with E-state index >= 15 is 0 Å². The molecule has 5 heteroatoms. The van der Waals surface area contributed by atoms with E-state index in [0.29, 0.717) is 0 Å². The Morgan fingerprint density at radius 2 is 2.00 bits per heavy atom. The van der Waals surface area contributed by atoms with Crippen molar-refractivity contribution in [2.75, 3.05) is 11.9 Å². The van der Waals surface area contributed by atoms with Crippen LogP contribution in [0.15, 0.2) is 22.7 Å². The summed E-state index contributed by atoms with van der Waals surface area (Å²) in [7, 11) is 0. The maximum atomic E-state index is 4.73. The molecule has 0 unspecified atom stereocenters. The third-order valence-corrected chi connectivity index (χ3v) is 5.24. The van der Waals surface area contributed by atoms with E-state index in [0.717, 1.165) is 50.3 Å². The minimum Gasteiger partial charge on any atom is -0.369 e. The predicted octanol–water partition coefficient (Wildman–Crippen LogP) is 5.20. The third kappa shape index (κ3) is 3.94. The number of rotatable bonds is 5. The quantitative estimate of drug-likeness (QED) is 0.624.